The van der Waals surface area contributed by atoms with Crippen LogP contribution >= 0.6 is 0 Å². The zero-order valence-electron chi connectivity index (χ0n) is 14.6. The highest BCUT2D eigenvalue weighted by molar-refractivity contribution is 5.79. The number of aryl methyl sites for hydroxylation is 2. The van der Waals surface area contributed by atoms with Gasteiger partial charge >= 0.3 is 0 Å². The topological polar surface area (TPSA) is 29.5 Å². The molecule has 0 atom stereocenters. The average molecular weight is 318 g/mol. The van der Waals surface area contributed by atoms with Crippen molar-refractivity contribution in [1.29, 1.82) is 0 Å². The number of rotatable bonds is 3. The lowest BCUT2D eigenvalue weighted by Crippen LogP contribution is -1.94. The molecule has 0 aliphatic carbocycles. The van der Waals surface area contributed by atoms with E-state index in [0.29, 0.717) is 5.75 Å². The van der Waals surface area contributed by atoms with Crippen LogP contribution in [0.3, 0.4) is 0 Å². The summed E-state index contributed by atoms with van der Waals surface area (Å²) < 4.78 is 6.19. The maximum Gasteiger partial charge on any atom is 0.139 e. The first-order valence-corrected chi connectivity index (χ1v) is 8.11. The Balaban J connectivity index is 2.15. The number of aromatic hydroxyl groups is 1. The maximum atomic E-state index is 10.5. The maximum absolute atomic E-state index is 10.5. The van der Waals surface area contributed by atoms with Gasteiger partial charge in [-0.15, -0.1) is 0 Å². The molecule has 2 heteroatoms. The molecule has 0 aliphatic heterocycles. The van der Waals surface area contributed by atoms with E-state index >= 15 is 0 Å². The van der Waals surface area contributed by atoms with Gasteiger partial charge in [-0.1, -0.05) is 36.4 Å². The van der Waals surface area contributed by atoms with E-state index in [-0.39, 0.29) is 5.75 Å². The minimum absolute atomic E-state index is 0.228. The molecule has 0 fully saturated rings. The van der Waals surface area contributed by atoms with Crippen molar-refractivity contribution in [3.05, 3.63) is 76.9 Å². The Labute approximate surface area is 143 Å². The number of phenolic OH excluding ortho intramolecular Hbond substituents is 1. The predicted molar refractivity (Wildman–Crippen MR) is 99.0 cm³/mol. The average Bonchev–Trinajstić information content (AvgIpc) is 2.55. The van der Waals surface area contributed by atoms with Gasteiger partial charge in [0.2, 0.25) is 0 Å². The van der Waals surface area contributed by atoms with Crippen LogP contribution < -0.4 is 4.74 Å². The Hall–Kier alpha value is -2.74. The van der Waals surface area contributed by atoms with E-state index in [1.54, 1.807) is 6.07 Å². The van der Waals surface area contributed by atoms with E-state index < -0.39 is 0 Å². The fraction of sp³-hybridized carbons (Fsp3) is 0.182. The lowest BCUT2D eigenvalue weighted by molar-refractivity contribution is 0.457. The molecule has 0 radical (unpaired) electrons. The van der Waals surface area contributed by atoms with Gasteiger partial charge in [0.1, 0.15) is 17.2 Å². The summed E-state index contributed by atoms with van der Waals surface area (Å²) in [5.74, 6) is 1.70. The molecular weight excluding hydrogens is 296 g/mol. The number of phenols is 1. The zero-order valence-corrected chi connectivity index (χ0v) is 14.6. The fourth-order valence-corrected chi connectivity index (χ4v) is 2.85. The number of hydrogen-bond acceptors (Lipinski definition) is 2. The normalized spacial score (nSPS) is 10.7. The van der Waals surface area contributed by atoms with Gasteiger partial charge in [-0.2, -0.15) is 0 Å². The van der Waals surface area contributed by atoms with Crippen molar-refractivity contribution < 1.29 is 9.84 Å². The van der Waals surface area contributed by atoms with Crippen molar-refractivity contribution in [2.24, 2.45) is 0 Å². The van der Waals surface area contributed by atoms with Crippen LogP contribution in [0.1, 0.15) is 22.3 Å². The second-order valence-corrected chi connectivity index (χ2v) is 6.20. The summed E-state index contributed by atoms with van der Waals surface area (Å²) in [6, 6.07) is 17.5. The highest BCUT2D eigenvalue weighted by Gasteiger charge is 2.16. The molecular formula is C22H22O2. The molecule has 0 amide bonds. The Morgan fingerprint density at radius 2 is 1.25 bits per heavy atom. The van der Waals surface area contributed by atoms with Gasteiger partial charge in [-0.25, -0.2) is 0 Å². The van der Waals surface area contributed by atoms with Gasteiger partial charge in [-0.3, -0.25) is 0 Å². The van der Waals surface area contributed by atoms with Crippen LogP contribution in [0.15, 0.2) is 54.6 Å². The van der Waals surface area contributed by atoms with Gasteiger partial charge in [0.15, 0.2) is 0 Å². The Morgan fingerprint density at radius 1 is 0.667 bits per heavy atom. The van der Waals surface area contributed by atoms with Crippen LogP contribution in [-0.4, -0.2) is 5.11 Å². The molecule has 1 N–H and O–H groups in total. The quantitative estimate of drug-likeness (QED) is 0.633. The van der Waals surface area contributed by atoms with Crippen molar-refractivity contribution in [1.82, 2.24) is 0 Å². The minimum atomic E-state index is 0.228. The third-order valence-electron chi connectivity index (χ3n) is 4.65. The molecule has 24 heavy (non-hydrogen) atoms. The van der Waals surface area contributed by atoms with Crippen LogP contribution in [0, 0.1) is 27.7 Å². The zero-order chi connectivity index (χ0) is 17.3. The summed E-state index contributed by atoms with van der Waals surface area (Å²) in [6.07, 6.45) is 0. The summed E-state index contributed by atoms with van der Waals surface area (Å²) in [4.78, 5) is 0. The van der Waals surface area contributed by atoms with Gasteiger partial charge in [-0.05, 0) is 73.7 Å². The third-order valence-corrected chi connectivity index (χ3v) is 4.65. The first-order chi connectivity index (χ1) is 11.5. The SMILES string of the molecule is Cc1cccc(Oc2cccc(O)c2-c2cccc(C)c2C)c1C. The molecule has 3 rings (SSSR count). The van der Waals surface area contributed by atoms with Crippen molar-refractivity contribution >= 4 is 0 Å². The molecule has 122 valence electrons. The van der Waals surface area contributed by atoms with Crippen LogP contribution in [0.2, 0.25) is 0 Å². The second kappa shape index (κ2) is 6.40. The lowest BCUT2D eigenvalue weighted by Gasteiger charge is -2.17. The Kier molecular flexibility index (Phi) is 4.30. The number of benzene rings is 3. The molecule has 0 saturated carbocycles. The molecule has 2 nitrogen and oxygen atoms in total. The van der Waals surface area contributed by atoms with Crippen molar-refractivity contribution in [3.63, 3.8) is 0 Å². The van der Waals surface area contributed by atoms with Crippen LogP contribution in [-0.2, 0) is 0 Å². The van der Waals surface area contributed by atoms with Crippen molar-refractivity contribution in [3.8, 4) is 28.4 Å². The Morgan fingerprint density at radius 3 is 2.00 bits per heavy atom. The van der Waals surface area contributed by atoms with E-state index in [1.165, 1.54) is 11.1 Å². The van der Waals surface area contributed by atoms with Crippen LogP contribution in [0.5, 0.6) is 17.2 Å². The van der Waals surface area contributed by atoms with Gasteiger partial charge in [0.05, 0.1) is 5.56 Å². The minimum Gasteiger partial charge on any atom is -0.507 e. The van der Waals surface area contributed by atoms with Gasteiger partial charge in [0, 0.05) is 0 Å². The largest absolute Gasteiger partial charge is 0.507 e. The van der Waals surface area contributed by atoms with Crippen molar-refractivity contribution in [2.45, 2.75) is 27.7 Å². The summed E-state index contributed by atoms with van der Waals surface area (Å²) >= 11 is 0. The summed E-state index contributed by atoms with van der Waals surface area (Å²) in [6.45, 7) is 8.25. The summed E-state index contributed by atoms with van der Waals surface area (Å²) in [5.41, 5.74) is 6.35. The molecule has 0 aromatic heterocycles. The number of ether oxygens (including phenoxy) is 1. The molecule has 0 saturated heterocycles. The van der Waals surface area contributed by atoms with Crippen molar-refractivity contribution in [2.75, 3.05) is 0 Å². The van der Waals surface area contributed by atoms with Gasteiger partial charge in [0.25, 0.3) is 0 Å². The first kappa shape index (κ1) is 16.1. The standard InChI is InChI=1S/C22H22O2/c1-14-8-5-10-18(16(14)3)22-19(23)11-7-13-21(22)24-20-12-6-9-15(2)17(20)4/h5-13,23H,1-4H3. The van der Waals surface area contributed by atoms with E-state index in [4.69, 9.17) is 4.74 Å². The molecule has 0 spiro atoms. The number of hydrogen-bond donors (Lipinski definition) is 1. The predicted octanol–water partition coefficient (Wildman–Crippen LogP) is 6.09. The first-order valence-electron chi connectivity index (χ1n) is 8.11. The smallest absolute Gasteiger partial charge is 0.139 e. The molecule has 0 bridgehead atoms. The monoisotopic (exact) mass is 318 g/mol. The van der Waals surface area contributed by atoms with Crippen LogP contribution in [0.25, 0.3) is 11.1 Å². The second-order valence-electron chi connectivity index (χ2n) is 6.20. The molecule has 3 aromatic carbocycles. The molecule has 0 unspecified atom stereocenters. The molecule has 3 aromatic rings. The van der Waals surface area contributed by atoms with E-state index in [0.717, 1.165) is 28.0 Å². The third kappa shape index (κ3) is 2.88. The summed E-state index contributed by atoms with van der Waals surface area (Å²) in [5, 5.41) is 10.5. The Bertz CT molecular complexity index is 894. The van der Waals surface area contributed by atoms with Crippen LogP contribution in [0.4, 0.5) is 0 Å². The lowest BCUT2D eigenvalue weighted by atomic mass is 9.95. The molecule has 0 aliphatic rings. The van der Waals surface area contributed by atoms with E-state index in [2.05, 4.69) is 32.9 Å². The van der Waals surface area contributed by atoms with E-state index in [1.807, 2.05) is 43.3 Å². The fourth-order valence-electron chi connectivity index (χ4n) is 2.85. The molecule has 0 heterocycles. The summed E-state index contributed by atoms with van der Waals surface area (Å²) in [7, 11) is 0. The van der Waals surface area contributed by atoms with E-state index in [9.17, 15) is 5.11 Å². The highest BCUT2D eigenvalue weighted by Crippen LogP contribution is 2.42. The highest BCUT2D eigenvalue weighted by atomic mass is 16.5. The van der Waals surface area contributed by atoms with Gasteiger partial charge < -0.3 is 9.84 Å².